The average Bonchev–Trinajstić information content (AvgIpc) is 2.34. The summed E-state index contributed by atoms with van der Waals surface area (Å²) in [4.78, 5) is 24.9. The van der Waals surface area contributed by atoms with Crippen molar-refractivity contribution < 1.29 is 9.59 Å². The molecule has 0 aliphatic rings. The molecule has 18 heavy (non-hydrogen) atoms. The molecule has 0 aliphatic carbocycles. The molecular weight excluding hydrogens is 270 g/mol. The third-order valence-corrected chi connectivity index (χ3v) is 2.58. The molecule has 0 rings (SSSR count). The van der Waals surface area contributed by atoms with E-state index in [4.69, 9.17) is 0 Å². The second kappa shape index (κ2) is 11.7. The standard InChI is InChI=1S/C11H23N3O2S2/c1-2-3-12-10(15)8-14(5-7-18)9-11(16)13-4-6-17/h17-18H,2-9H2,1H3,(H,12,15)(H,13,16). The largest absolute Gasteiger partial charge is 0.355 e. The first-order chi connectivity index (χ1) is 8.63. The minimum absolute atomic E-state index is 0.0550. The van der Waals surface area contributed by atoms with E-state index in [-0.39, 0.29) is 24.9 Å². The Balaban J connectivity index is 4.04. The maximum Gasteiger partial charge on any atom is 0.234 e. The zero-order valence-electron chi connectivity index (χ0n) is 10.8. The second-order valence-corrected chi connectivity index (χ2v) is 4.75. The lowest BCUT2D eigenvalue weighted by Gasteiger charge is -2.20. The number of carbonyl (C=O) groups excluding carboxylic acids is 2. The van der Waals surface area contributed by atoms with Gasteiger partial charge in [-0.15, -0.1) is 0 Å². The predicted octanol–water partition coefficient (Wildman–Crippen LogP) is -0.210. The van der Waals surface area contributed by atoms with Crippen molar-refractivity contribution in [3.63, 3.8) is 0 Å². The number of hydrogen-bond acceptors (Lipinski definition) is 5. The quantitative estimate of drug-likeness (QED) is 0.422. The Morgan fingerprint density at radius 1 is 1.00 bits per heavy atom. The monoisotopic (exact) mass is 293 g/mol. The van der Waals surface area contributed by atoms with Crippen LogP contribution in [0.3, 0.4) is 0 Å². The van der Waals surface area contributed by atoms with Crippen LogP contribution in [0.1, 0.15) is 13.3 Å². The molecular formula is C11H23N3O2S2. The summed E-state index contributed by atoms with van der Waals surface area (Å²) >= 11 is 8.15. The molecule has 0 aromatic rings. The molecule has 0 heterocycles. The highest BCUT2D eigenvalue weighted by Gasteiger charge is 2.13. The molecule has 0 aliphatic heterocycles. The summed E-state index contributed by atoms with van der Waals surface area (Å²) in [5.74, 6) is 1.07. The highest BCUT2D eigenvalue weighted by Crippen LogP contribution is 1.90. The number of carbonyl (C=O) groups is 2. The number of amides is 2. The van der Waals surface area contributed by atoms with E-state index in [1.165, 1.54) is 0 Å². The molecule has 106 valence electrons. The second-order valence-electron chi connectivity index (χ2n) is 3.86. The summed E-state index contributed by atoms with van der Waals surface area (Å²) in [5.41, 5.74) is 0. The first-order valence-electron chi connectivity index (χ1n) is 6.11. The molecule has 0 saturated carbocycles. The first kappa shape index (κ1) is 17.6. The number of thiol groups is 2. The highest BCUT2D eigenvalue weighted by molar-refractivity contribution is 7.80. The number of rotatable bonds is 10. The zero-order chi connectivity index (χ0) is 13.8. The lowest BCUT2D eigenvalue weighted by atomic mass is 10.4. The van der Waals surface area contributed by atoms with E-state index in [1.807, 2.05) is 6.92 Å². The van der Waals surface area contributed by atoms with Crippen LogP contribution in [-0.4, -0.2) is 60.9 Å². The van der Waals surface area contributed by atoms with Gasteiger partial charge in [0.15, 0.2) is 0 Å². The molecule has 0 unspecified atom stereocenters. The van der Waals surface area contributed by atoms with Crippen molar-refractivity contribution in [2.75, 3.05) is 44.2 Å². The maximum absolute atomic E-state index is 11.6. The van der Waals surface area contributed by atoms with Gasteiger partial charge in [0.25, 0.3) is 0 Å². The van der Waals surface area contributed by atoms with Crippen LogP contribution in [0, 0.1) is 0 Å². The summed E-state index contributed by atoms with van der Waals surface area (Å²) in [6, 6.07) is 0. The molecule has 7 heteroatoms. The van der Waals surface area contributed by atoms with Gasteiger partial charge in [-0.1, -0.05) is 6.92 Å². The summed E-state index contributed by atoms with van der Waals surface area (Å²) in [6.45, 7) is 4.26. The van der Waals surface area contributed by atoms with E-state index >= 15 is 0 Å². The molecule has 0 saturated heterocycles. The maximum atomic E-state index is 11.6. The molecule has 2 N–H and O–H groups in total. The molecule has 0 radical (unpaired) electrons. The topological polar surface area (TPSA) is 61.4 Å². The third-order valence-electron chi connectivity index (χ3n) is 2.16. The van der Waals surface area contributed by atoms with E-state index in [0.29, 0.717) is 31.1 Å². The van der Waals surface area contributed by atoms with Gasteiger partial charge in [-0.05, 0) is 6.42 Å². The van der Waals surface area contributed by atoms with Crippen molar-refractivity contribution >= 4 is 37.1 Å². The summed E-state index contributed by atoms with van der Waals surface area (Å²) in [6.07, 6.45) is 0.904. The van der Waals surface area contributed by atoms with Crippen molar-refractivity contribution in [2.24, 2.45) is 0 Å². The van der Waals surface area contributed by atoms with E-state index in [1.54, 1.807) is 4.90 Å². The number of hydrogen-bond donors (Lipinski definition) is 4. The number of nitrogens with one attached hydrogen (secondary N) is 2. The molecule has 5 nitrogen and oxygen atoms in total. The molecule has 0 atom stereocenters. The predicted molar refractivity (Wildman–Crippen MR) is 80.5 cm³/mol. The Morgan fingerprint density at radius 3 is 2.00 bits per heavy atom. The molecule has 0 spiro atoms. The van der Waals surface area contributed by atoms with Crippen LogP contribution in [0.25, 0.3) is 0 Å². The Hall–Kier alpha value is -0.400. The lowest BCUT2D eigenvalue weighted by Crippen LogP contribution is -2.44. The van der Waals surface area contributed by atoms with E-state index in [0.717, 1.165) is 6.42 Å². The van der Waals surface area contributed by atoms with E-state index in [9.17, 15) is 9.59 Å². The highest BCUT2D eigenvalue weighted by atomic mass is 32.1. The van der Waals surface area contributed by atoms with Crippen LogP contribution in [0.15, 0.2) is 0 Å². The molecule has 2 amide bonds. The van der Waals surface area contributed by atoms with Crippen molar-refractivity contribution in [3.8, 4) is 0 Å². The Labute approximate surface area is 120 Å². The molecule has 0 bridgehead atoms. The lowest BCUT2D eigenvalue weighted by molar-refractivity contribution is -0.124. The molecule has 0 aromatic heterocycles. The number of nitrogens with zero attached hydrogens (tertiary/aromatic N) is 1. The van der Waals surface area contributed by atoms with Crippen LogP contribution in [0.5, 0.6) is 0 Å². The van der Waals surface area contributed by atoms with Crippen LogP contribution < -0.4 is 10.6 Å². The van der Waals surface area contributed by atoms with Gasteiger partial charge in [-0.3, -0.25) is 14.5 Å². The van der Waals surface area contributed by atoms with Crippen molar-refractivity contribution in [3.05, 3.63) is 0 Å². The average molecular weight is 293 g/mol. The summed E-state index contributed by atoms with van der Waals surface area (Å²) < 4.78 is 0. The fraction of sp³-hybridized carbons (Fsp3) is 0.818. The van der Waals surface area contributed by atoms with Gasteiger partial charge >= 0.3 is 0 Å². The van der Waals surface area contributed by atoms with E-state index < -0.39 is 0 Å². The fourth-order valence-corrected chi connectivity index (χ4v) is 1.73. The van der Waals surface area contributed by atoms with Gasteiger partial charge in [-0.25, -0.2) is 0 Å². The third kappa shape index (κ3) is 9.61. The van der Waals surface area contributed by atoms with Gasteiger partial charge in [0.2, 0.25) is 11.8 Å². The minimum Gasteiger partial charge on any atom is -0.355 e. The van der Waals surface area contributed by atoms with Crippen molar-refractivity contribution in [1.29, 1.82) is 0 Å². The van der Waals surface area contributed by atoms with Gasteiger partial charge < -0.3 is 10.6 Å². The van der Waals surface area contributed by atoms with Crippen LogP contribution in [-0.2, 0) is 9.59 Å². The van der Waals surface area contributed by atoms with Crippen LogP contribution in [0.4, 0.5) is 0 Å². The van der Waals surface area contributed by atoms with E-state index in [2.05, 4.69) is 35.9 Å². The zero-order valence-corrected chi connectivity index (χ0v) is 12.6. The van der Waals surface area contributed by atoms with Gasteiger partial charge in [0.1, 0.15) is 0 Å². The van der Waals surface area contributed by atoms with Gasteiger partial charge in [0, 0.05) is 31.1 Å². The molecule has 0 aromatic carbocycles. The first-order valence-corrected chi connectivity index (χ1v) is 7.38. The van der Waals surface area contributed by atoms with Crippen LogP contribution in [0.2, 0.25) is 0 Å². The Bertz CT molecular complexity index is 230. The fourth-order valence-electron chi connectivity index (χ4n) is 1.33. The smallest absolute Gasteiger partial charge is 0.234 e. The SMILES string of the molecule is CCCNC(=O)CN(CCS)CC(=O)NCCS. The van der Waals surface area contributed by atoms with Crippen molar-refractivity contribution in [1.82, 2.24) is 15.5 Å². The van der Waals surface area contributed by atoms with Gasteiger partial charge in [-0.2, -0.15) is 25.3 Å². The van der Waals surface area contributed by atoms with Gasteiger partial charge in [0.05, 0.1) is 13.1 Å². The van der Waals surface area contributed by atoms with Crippen molar-refractivity contribution in [2.45, 2.75) is 13.3 Å². The summed E-state index contributed by atoms with van der Waals surface area (Å²) in [7, 11) is 0. The Kier molecular flexibility index (Phi) is 11.4. The summed E-state index contributed by atoms with van der Waals surface area (Å²) in [5, 5.41) is 5.51. The molecule has 0 fully saturated rings. The minimum atomic E-state index is -0.0888. The van der Waals surface area contributed by atoms with Crippen LogP contribution >= 0.6 is 25.3 Å². The normalized spacial score (nSPS) is 10.4. The Morgan fingerprint density at radius 2 is 1.56 bits per heavy atom.